The second-order valence-electron chi connectivity index (χ2n) is 8.25. The summed E-state index contributed by atoms with van der Waals surface area (Å²) in [5.74, 6) is -0.305. The van der Waals surface area contributed by atoms with E-state index in [0.29, 0.717) is 18.5 Å². The average molecular weight is 399 g/mol. The molecule has 30 heavy (non-hydrogen) atoms. The third kappa shape index (κ3) is 3.61. The van der Waals surface area contributed by atoms with Gasteiger partial charge in [0, 0.05) is 24.2 Å². The average Bonchev–Trinajstić information content (AvgIpc) is 2.74. The summed E-state index contributed by atoms with van der Waals surface area (Å²) in [6, 6.07) is 23.4. The molecule has 0 fully saturated rings. The van der Waals surface area contributed by atoms with Crippen LogP contribution in [0.15, 0.2) is 72.8 Å². The van der Waals surface area contributed by atoms with Gasteiger partial charge < -0.3 is 5.32 Å². The fraction of sp³-hybridized carbons (Fsp3) is 0.231. The van der Waals surface area contributed by atoms with Gasteiger partial charge >= 0.3 is 0 Å². The summed E-state index contributed by atoms with van der Waals surface area (Å²) in [6.45, 7) is 6.32. The van der Waals surface area contributed by atoms with Gasteiger partial charge in [0.25, 0.3) is 5.91 Å². The van der Waals surface area contributed by atoms with Crippen LogP contribution >= 0.6 is 0 Å². The fourth-order valence-electron chi connectivity index (χ4n) is 4.03. The first kappa shape index (κ1) is 19.9. The van der Waals surface area contributed by atoms with Crippen molar-refractivity contribution in [2.75, 3.05) is 4.90 Å². The Morgan fingerprint density at radius 2 is 1.53 bits per heavy atom. The zero-order valence-electron chi connectivity index (χ0n) is 17.6. The minimum absolute atomic E-state index is 0.145. The molecule has 0 bridgehead atoms. The van der Waals surface area contributed by atoms with Crippen LogP contribution in [-0.4, -0.2) is 17.4 Å². The summed E-state index contributed by atoms with van der Waals surface area (Å²) in [7, 11) is 0. The van der Waals surface area contributed by atoms with E-state index in [2.05, 4.69) is 5.32 Å². The van der Waals surface area contributed by atoms with Crippen molar-refractivity contribution in [2.45, 2.75) is 39.3 Å². The van der Waals surface area contributed by atoms with Crippen molar-refractivity contribution >= 4 is 17.5 Å². The minimum atomic E-state index is -1.02. The zero-order valence-corrected chi connectivity index (χ0v) is 17.6. The highest BCUT2D eigenvalue weighted by Crippen LogP contribution is 2.35. The van der Waals surface area contributed by atoms with Gasteiger partial charge in [-0.3, -0.25) is 14.5 Å². The van der Waals surface area contributed by atoms with Gasteiger partial charge in [-0.05, 0) is 50.1 Å². The topological polar surface area (TPSA) is 49.4 Å². The van der Waals surface area contributed by atoms with Gasteiger partial charge in [-0.25, -0.2) is 0 Å². The van der Waals surface area contributed by atoms with Crippen LogP contribution < -0.4 is 10.2 Å². The van der Waals surface area contributed by atoms with Crippen molar-refractivity contribution in [1.29, 1.82) is 0 Å². The minimum Gasteiger partial charge on any atom is -0.350 e. The van der Waals surface area contributed by atoms with Crippen LogP contribution in [0.2, 0.25) is 0 Å². The van der Waals surface area contributed by atoms with Gasteiger partial charge in [0.05, 0.1) is 0 Å². The van der Waals surface area contributed by atoms with Crippen LogP contribution in [0.5, 0.6) is 0 Å². The van der Waals surface area contributed by atoms with Crippen LogP contribution in [0.25, 0.3) is 0 Å². The number of nitrogens with zero attached hydrogens (tertiary/aromatic N) is 1. The second kappa shape index (κ2) is 7.79. The maximum Gasteiger partial charge on any atom is 0.259 e. The van der Waals surface area contributed by atoms with Gasteiger partial charge in [0.1, 0.15) is 5.54 Å². The molecule has 152 valence electrons. The fourth-order valence-corrected chi connectivity index (χ4v) is 4.03. The van der Waals surface area contributed by atoms with Crippen LogP contribution in [0, 0.1) is 13.8 Å². The van der Waals surface area contributed by atoms with Crippen LogP contribution in [-0.2, 0) is 17.8 Å². The smallest absolute Gasteiger partial charge is 0.259 e. The number of nitrogens with one attached hydrogen (secondary N) is 1. The number of fused-ring (bicyclic) bond motifs is 1. The number of aryl methyl sites for hydroxylation is 2. The highest BCUT2D eigenvalue weighted by Gasteiger charge is 2.47. The number of hydrogen-bond donors (Lipinski definition) is 1. The molecule has 1 heterocycles. The highest BCUT2D eigenvalue weighted by molar-refractivity contribution is 6.14. The molecule has 1 aliphatic heterocycles. The van der Waals surface area contributed by atoms with Crippen molar-refractivity contribution in [3.63, 3.8) is 0 Å². The molecule has 0 spiro atoms. The van der Waals surface area contributed by atoms with Crippen molar-refractivity contribution < 1.29 is 9.59 Å². The van der Waals surface area contributed by atoms with Crippen molar-refractivity contribution in [1.82, 2.24) is 5.32 Å². The Bertz CT molecular complexity index is 1090. The number of rotatable bonds is 4. The molecule has 0 aliphatic carbocycles. The van der Waals surface area contributed by atoms with Crippen molar-refractivity contribution in [3.05, 3.63) is 101 Å². The summed E-state index contributed by atoms with van der Waals surface area (Å²) < 4.78 is 0. The summed E-state index contributed by atoms with van der Waals surface area (Å²) in [4.78, 5) is 28.6. The maximum absolute atomic E-state index is 13.5. The first-order chi connectivity index (χ1) is 14.4. The predicted molar refractivity (Wildman–Crippen MR) is 120 cm³/mol. The van der Waals surface area contributed by atoms with E-state index in [0.717, 1.165) is 22.4 Å². The van der Waals surface area contributed by atoms with Gasteiger partial charge in [-0.15, -0.1) is 0 Å². The lowest BCUT2D eigenvalue weighted by Crippen LogP contribution is -2.63. The van der Waals surface area contributed by atoms with E-state index in [1.54, 1.807) is 4.90 Å². The Kier molecular flexibility index (Phi) is 5.17. The lowest BCUT2D eigenvalue weighted by Gasteiger charge is -2.44. The SMILES string of the molecule is Cc1ccc(CNC(=O)[C@@]2(C)Cc3ccccc3C(=O)N2c2ccc(C)cc2)cc1. The molecule has 0 saturated heterocycles. The molecule has 0 radical (unpaired) electrons. The molecule has 4 nitrogen and oxygen atoms in total. The van der Waals surface area contributed by atoms with Gasteiger partial charge in [0.15, 0.2) is 0 Å². The standard InChI is InChI=1S/C26H26N2O2/c1-18-8-12-20(13-9-18)17-27-25(30)26(3)16-21-6-4-5-7-23(21)24(29)28(26)22-14-10-19(2)11-15-22/h4-15H,16-17H2,1-3H3,(H,27,30)/t26-/m1/s1. The van der Waals surface area contributed by atoms with Crippen molar-refractivity contribution in [3.8, 4) is 0 Å². The number of benzene rings is 3. The molecular weight excluding hydrogens is 372 g/mol. The van der Waals surface area contributed by atoms with E-state index >= 15 is 0 Å². The van der Waals surface area contributed by atoms with E-state index in [1.807, 2.05) is 93.6 Å². The zero-order chi connectivity index (χ0) is 21.3. The summed E-state index contributed by atoms with van der Waals surface area (Å²) in [5.41, 5.74) is 4.58. The lowest BCUT2D eigenvalue weighted by molar-refractivity contribution is -0.126. The predicted octanol–water partition coefficient (Wildman–Crippen LogP) is 4.58. The first-order valence-corrected chi connectivity index (χ1v) is 10.2. The molecule has 3 aromatic rings. The third-order valence-corrected chi connectivity index (χ3v) is 5.83. The Morgan fingerprint density at radius 3 is 2.20 bits per heavy atom. The Morgan fingerprint density at radius 1 is 0.933 bits per heavy atom. The monoisotopic (exact) mass is 398 g/mol. The summed E-state index contributed by atoms with van der Waals surface area (Å²) >= 11 is 0. The van der Waals surface area contributed by atoms with Gasteiger partial charge in [-0.1, -0.05) is 65.7 Å². The summed E-state index contributed by atoms with van der Waals surface area (Å²) in [6.07, 6.45) is 0.461. The number of carbonyl (C=O) groups is 2. The number of carbonyl (C=O) groups excluding carboxylic acids is 2. The molecule has 0 saturated carbocycles. The molecule has 1 aliphatic rings. The Hall–Kier alpha value is -3.40. The normalized spacial score (nSPS) is 18.1. The molecule has 1 atom stereocenters. The number of hydrogen-bond acceptors (Lipinski definition) is 2. The third-order valence-electron chi connectivity index (χ3n) is 5.83. The highest BCUT2D eigenvalue weighted by atomic mass is 16.2. The largest absolute Gasteiger partial charge is 0.350 e. The van der Waals surface area contributed by atoms with Crippen LogP contribution in [0.1, 0.15) is 39.5 Å². The van der Waals surface area contributed by atoms with Gasteiger partial charge in [0.2, 0.25) is 5.91 Å². The molecular formula is C26H26N2O2. The van der Waals surface area contributed by atoms with Crippen LogP contribution in [0.4, 0.5) is 5.69 Å². The quantitative estimate of drug-likeness (QED) is 0.699. The molecule has 4 rings (SSSR count). The molecule has 4 heteroatoms. The maximum atomic E-state index is 13.5. The molecule has 3 aromatic carbocycles. The molecule has 1 N–H and O–H groups in total. The van der Waals surface area contributed by atoms with Crippen LogP contribution in [0.3, 0.4) is 0 Å². The molecule has 0 unspecified atom stereocenters. The van der Waals surface area contributed by atoms with E-state index < -0.39 is 5.54 Å². The Labute approximate surface area is 177 Å². The first-order valence-electron chi connectivity index (χ1n) is 10.2. The van der Waals surface area contributed by atoms with Gasteiger partial charge in [-0.2, -0.15) is 0 Å². The van der Waals surface area contributed by atoms with E-state index in [9.17, 15) is 9.59 Å². The molecule has 0 aromatic heterocycles. The lowest BCUT2D eigenvalue weighted by atomic mass is 9.82. The van der Waals surface area contributed by atoms with E-state index in [1.165, 1.54) is 5.56 Å². The Balaban J connectivity index is 1.69. The number of anilines is 1. The van der Waals surface area contributed by atoms with Crippen molar-refractivity contribution in [2.24, 2.45) is 0 Å². The summed E-state index contributed by atoms with van der Waals surface area (Å²) in [5, 5.41) is 3.06. The molecule has 2 amide bonds. The number of amides is 2. The van der Waals surface area contributed by atoms with E-state index in [-0.39, 0.29) is 11.8 Å². The second-order valence-corrected chi connectivity index (χ2v) is 8.25. The van der Waals surface area contributed by atoms with E-state index in [4.69, 9.17) is 0 Å².